The molecule has 132 valence electrons. The van der Waals surface area contributed by atoms with Gasteiger partial charge in [-0.1, -0.05) is 15.9 Å². The fourth-order valence-corrected chi connectivity index (χ4v) is 5.58. The molecular weight excluding hydrogens is 472 g/mol. The van der Waals surface area contributed by atoms with Crippen LogP contribution in [-0.4, -0.2) is 20.9 Å². The summed E-state index contributed by atoms with van der Waals surface area (Å²) in [4.78, 5) is 13.5. The first kappa shape index (κ1) is 18.4. The summed E-state index contributed by atoms with van der Waals surface area (Å²) >= 11 is 6.72. The number of aryl methyl sites for hydroxylation is 1. The van der Waals surface area contributed by atoms with Crippen LogP contribution in [0.2, 0.25) is 0 Å². The molecule has 0 bridgehead atoms. The zero-order valence-electron chi connectivity index (χ0n) is 13.6. The van der Waals surface area contributed by atoms with Gasteiger partial charge in [-0.25, -0.2) is 8.42 Å². The second-order valence-corrected chi connectivity index (χ2v) is 9.32. The molecule has 0 radical (unpaired) electrons. The normalized spacial score (nSPS) is 13.7. The molecule has 0 saturated heterocycles. The summed E-state index contributed by atoms with van der Waals surface area (Å²) in [5, 5.41) is 0. The largest absolute Gasteiger partial charge is 0.312 e. The fraction of sp³-hybridized carbons (Fsp3) is 0.235. The van der Waals surface area contributed by atoms with Crippen molar-refractivity contribution in [2.24, 2.45) is 0 Å². The molecular formula is C17H16Br2N2O3S. The number of anilines is 2. The average Bonchev–Trinajstić information content (AvgIpc) is 2.92. The molecule has 0 aromatic heterocycles. The van der Waals surface area contributed by atoms with Crippen molar-refractivity contribution in [3.8, 4) is 0 Å². The number of hydrogen-bond donors (Lipinski definition) is 1. The monoisotopic (exact) mass is 486 g/mol. The van der Waals surface area contributed by atoms with Crippen LogP contribution in [0, 0.1) is 6.92 Å². The SMILES string of the molecule is CC(=O)N1CCc2cc(Br)c(S(=O)(=O)Nc3ccc(Br)cc3C)cc21. The molecule has 1 aliphatic heterocycles. The molecule has 1 aliphatic rings. The summed E-state index contributed by atoms with van der Waals surface area (Å²) in [7, 11) is -3.80. The van der Waals surface area contributed by atoms with Gasteiger partial charge in [0.15, 0.2) is 0 Å². The number of rotatable bonds is 3. The summed E-state index contributed by atoms with van der Waals surface area (Å²) in [6.45, 7) is 3.88. The summed E-state index contributed by atoms with van der Waals surface area (Å²) in [5.74, 6) is -0.0962. The van der Waals surface area contributed by atoms with Crippen LogP contribution in [0.25, 0.3) is 0 Å². The number of halogens is 2. The Labute approximate surface area is 163 Å². The molecule has 1 amide bonds. The Morgan fingerprint density at radius 2 is 1.92 bits per heavy atom. The predicted molar refractivity (Wildman–Crippen MR) is 106 cm³/mol. The van der Waals surface area contributed by atoms with Crippen molar-refractivity contribution < 1.29 is 13.2 Å². The Morgan fingerprint density at radius 3 is 2.56 bits per heavy atom. The van der Waals surface area contributed by atoms with Crippen LogP contribution in [-0.2, 0) is 21.2 Å². The molecule has 0 saturated carbocycles. The van der Waals surface area contributed by atoms with Crippen LogP contribution >= 0.6 is 31.9 Å². The number of hydrogen-bond acceptors (Lipinski definition) is 3. The minimum Gasteiger partial charge on any atom is -0.312 e. The van der Waals surface area contributed by atoms with E-state index in [9.17, 15) is 13.2 Å². The van der Waals surface area contributed by atoms with E-state index in [1.165, 1.54) is 6.92 Å². The van der Waals surface area contributed by atoms with Crippen molar-refractivity contribution in [1.82, 2.24) is 0 Å². The summed E-state index contributed by atoms with van der Waals surface area (Å²) in [5.41, 5.74) is 2.93. The second-order valence-electron chi connectivity index (χ2n) is 5.90. The number of carbonyl (C=O) groups excluding carboxylic acids is 1. The highest BCUT2D eigenvalue weighted by molar-refractivity contribution is 9.10. The lowest BCUT2D eigenvalue weighted by atomic mass is 10.2. The van der Waals surface area contributed by atoms with Crippen LogP contribution < -0.4 is 9.62 Å². The molecule has 0 aliphatic carbocycles. The van der Waals surface area contributed by atoms with Crippen molar-refractivity contribution in [3.05, 3.63) is 50.4 Å². The van der Waals surface area contributed by atoms with Crippen LogP contribution in [0.5, 0.6) is 0 Å². The standard InChI is InChI=1S/C17H16Br2N2O3S/c1-10-7-13(18)3-4-15(10)20-25(23,24)17-9-16-12(8-14(17)19)5-6-21(16)11(2)22/h3-4,7-9,20H,5-6H2,1-2H3. The van der Waals surface area contributed by atoms with Gasteiger partial charge in [-0.2, -0.15) is 0 Å². The summed E-state index contributed by atoms with van der Waals surface area (Å²) < 4.78 is 29.7. The number of fused-ring (bicyclic) bond motifs is 1. The first-order valence-electron chi connectivity index (χ1n) is 7.58. The van der Waals surface area contributed by atoms with Crippen LogP contribution in [0.1, 0.15) is 18.1 Å². The predicted octanol–water partition coefficient (Wildman–Crippen LogP) is 4.23. The average molecular weight is 488 g/mol. The molecule has 1 N–H and O–H groups in total. The molecule has 0 unspecified atom stereocenters. The Morgan fingerprint density at radius 1 is 1.20 bits per heavy atom. The molecule has 0 fully saturated rings. The van der Waals surface area contributed by atoms with Gasteiger partial charge in [-0.15, -0.1) is 0 Å². The first-order chi connectivity index (χ1) is 11.7. The van der Waals surface area contributed by atoms with E-state index in [1.807, 2.05) is 13.0 Å². The third-order valence-electron chi connectivity index (χ3n) is 4.13. The van der Waals surface area contributed by atoms with Gasteiger partial charge >= 0.3 is 0 Å². The number of amides is 1. The lowest BCUT2D eigenvalue weighted by molar-refractivity contribution is -0.116. The van der Waals surface area contributed by atoms with Crippen LogP contribution in [0.15, 0.2) is 44.2 Å². The van der Waals surface area contributed by atoms with E-state index in [0.29, 0.717) is 28.8 Å². The maximum atomic E-state index is 12.9. The minimum absolute atomic E-state index is 0.0962. The number of nitrogens with zero attached hydrogens (tertiary/aromatic N) is 1. The van der Waals surface area contributed by atoms with Gasteiger partial charge in [0.1, 0.15) is 4.90 Å². The zero-order valence-corrected chi connectivity index (χ0v) is 17.6. The third kappa shape index (κ3) is 3.61. The molecule has 25 heavy (non-hydrogen) atoms. The molecule has 0 spiro atoms. The van der Waals surface area contributed by atoms with E-state index >= 15 is 0 Å². The highest BCUT2D eigenvalue weighted by Gasteiger charge is 2.27. The third-order valence-corrected chi connectivity index (χ3v) is 6.95. The zero-order chi connectivity index (χ0) is 18.4. The topological polar surface area (TPSA) is 66.5 Å². The van der Waals surface area contributed by atoms with Crippen molar-refractivity contribution in [2.75, 3.05) is 16.2 Å². The van der Waals surface area contributed by atoms with E-state index in [1.54, 1.807) is 29.2 Å². The van der Waals surface area contributed by atoms with Crippen molar-refractivity contribution >= 4 is 59.2 Å². The van der Waals surface area contributed by atoms with Gasteiger partial charge in [-0.05, 0) is 70.7 Å². The van der Waals surface area contributed by atoms with Crippen LogP contribution in [0.3, 0.4) is 0 Å². The number of benzene rings is 2. The lowest BCUT2D eigenvalue weighted by Gasteiger charge is -2.17. The van der Waals surface area contributed by atoms with E-state index in [2.05, 4.69) is 36.6 Å². The van der Waals surface area contributed by atoms with Gasteiger partial charge < -0.3 is 4.90 Å². The lowest BCUT2D eigenvalue weighted by Crippen LogP contribution is -2.26. The maximum Gasteiger partial charge on any atom is 0.263 e. The quantitative estimate of drug-likeness (QED) is 0.704. The van der Waals surface area contributed by atoms with E-state index < -0.39 is 10.0 Å². The highest BCUT2D eigenvalue weighted by atomic mass is 79.9. The van der Waals surface area contributed by atoms with Crippen molar-refractivity contribution in [3.63, 3.8) is 0 Å². The van der Waals surface area contributed by atoms with Crippen molar-refractivity contribution in [1.29, 1.82) is 0 Å². The fourth-order valence-electron chi connectivity index (χ4n) is 2.86. The van der Waals surface area contributed by atoms with Gasteiger partial charge in [0, 0.05) is 28.1 Å². The van der Waals surface area contributed by atoms with E-state index in [-0.39, 0.29) is 10.8 Å². The molecule has 8 heteroatoms. The number of nitrogens with one attached hydrogen (secondary N) is 1. The Hall–Kier alpha value is -1.38. The molecule has 3 rings (SSSR count). The number of sulfonamides is 1. The van der Waals surface area contributed by atoms with Gasteiger partial charge in [0.05, 0.1) is 5.69 Å². The molecule has 2 aromatic rings. The molecule has 1 heterocycles. The van der Waals surface area contributed by atoms with E-state index in [0.717, 1.165) is 15.6 Å². The highest BCUT2D eigenvalue weighted by Crippen LogP contribution is 2.36. The number of carbonyl (C=O) groups is 1. The Kier molecular flexibility index (Phi) is 4.96. The smallest absolute Gasteiger partial charge is 0.263 e. The first-order valence-corrected chi connectivity index (χ1v) is 10.7. The Bertz CT molecular complexity index is 974. The summed E-state index contributed by atoms with van der Waals surface area (Å²) in [6, 6.07) is 8.67. The summed E-state index contributed by atoms with van der Waals surface area (Å²) in [6.07, 6.45) is 0.715. The molecule has 0 atom stereocenters. The van der Waals surface area contributed by atoms with Gasteiger partial charge in [0.25, 0.3) is 10.0 Å². The molecule has 2 aromatic carbocycles. The van der Waals surface area contributed by atoms with Crippen LogP contribution in [0.4, 0.5) is 11.4 Å². The van der Waals surface area contributed by atoms with E-state index in [4.69, 9.17) is 0 Å². The van der Waals surface area contributed by atoms with Crippen molar-refractivity contribution in [2.45, 2.75) is 25.2 Å². The van der Waals surface area contributed by atoms with Gasteiger partial charge in [0.2, 0.25) is 5.91 Å². The Balaban J connectivity index is 2.03. The minimum atomic E-state index is -3.80. The second kappa shape index (κ2) is 6.74. The molecule has 5 nitrogen and oxygen atoms in total. The van der Waals surface area contributed by atoms with Gasteiger partial charge in [-0.3, -0.25) is 9.52 Å². The maximum absolute atomic E-state index is 12.9.